The van der Waals surface area contributed by atoms with Crippen LogP contribution in [-0.4, -0.2) is 14.7 Å². The van der Waals surface area contributed by atoms with Gasteiger partial charge in [0.15, 0.2) is 9.84 Å². The van der Waals surface area contributed by atoms with E-state index in [9.17, 15) is 8.42 Å². The molecule has 0 fully saturated rings. The summed E-state index contributed by atoms with van der Waals surface area (Å²) >= 11 is 0. The lowest BCUT2D eigenvalue weighted by atomic mass is 10.2. The van der Waals surface area contributed by atoms with Crippen molar-refractivity contribution in [3.8, 4) is 6.07 Å². The number of hydrogen-bond donors (Lipinski definition) is 1. The molecule has 1 rings (SSSR count). The van der Waals surface area contributed by atoms with Crippen LogP contribution in [0.5, 0.6) is 0 Å². The Morgan fingerprint density at radius 1 is 1.40 bits per heavy atom. The van der Waals surface area contributed by atoms with E-state index < -0.39 is 9.84 Å². The van der Waals surface area contributed by atoms with Crippen molar-refractivity contribution in [2.24, 2.45) is 0 Å². The number of nitriles is 1. The molecule has 0 saturated heterocycles. The molecule has 2 N–H and O–H groups in total. The van der Waals surface area contributed by atoms with Gasteiger partial charge in [0.1, 0.15) is 11.0 Å². The molecule has 0 atom stereocenters. The Bertz CT molecular complexity index is 522. The zero-order chi connectivity index (χ0) is 11.5. The van der Waals surface area contributed by atoms with E-state index in [4.69, 9.17) is 11.0 Å². The maximum absolute atomic E-state index is 11.1. The maximum Gasteiger partial charge on any atom is 0.185 e. The van der Waals surface area contributed by atoms with Crippen LogP contribution in [0, 0.1) is 11.3 Å². The molecule has 1 aromatic carbocycles. The number of rotatable bonds is 2. The molecule has 1 aromatic rings. The van der Waals surface area contributed by atoms with Gasteiger partial charge in [0.25, 0.3) is 0 Å². The summed E-state index contributed by atoms with van der Waals surface area (Å²) in [5, 5.41) is 8.66. The van der Waals surface area contributed by atoms with Gasteiger partial charge in [-0.25, -0.2) is 8.42 Å². The monoisotopic (exact) mass is 222 g/mol. The van der Waals surface area contributed by atoms with Crippen molar-refractivity contribution in [1.82, 2.24) is 0 Å². The average Bonchev–Trinajstić information content (AvgIpc) is 2.15. The highest BCUT2D eigenvalue weighted by molar-refractivity contribution is 7.95. The van der Waals surface area contributed by atoms with Crippen molar-refractivity contribution in [3.05, 3.63) is 34.7 Å². The number of anilines is 1. The summed E-state index contributed by atoms with van der Waals surface area (Å²) in [6.07, 6.45) is 2.31. The summed E-state index contributed by atoms with van der Waals surface area (Å²) in [4.78, 5) is -0.257. The zero-order valence-corrected chi connectivity index (χ0v) is 8.95. The predicted molar refractivity (Wildman–Crippen MR) is 59.3 cm³/mol. The lowest BCUT2D eigenvalue weighted by Crippen LogP contribution is -1.98. The zero-order valence-electron chi connectivity index (χ0n) is 8.14. The van der Waals surface area contributed by atoms with Crippen LogP contribution < -0.4 is 5.73 Å². The largest absolute Gasteiger partial charge is 0.399 e. The fourth-order valence-corrected chi connectivity index (χ4v) is 1.48. The van der Waals surface area contributed by atoms with Crippen LogP contribution in [0.1, 0.15) is 5.56 Å². The molecule has 0 aliphatic heterocycles. The minimum atomic E-state index is -3.45. The molecule has 0 saturated carbocycles. The Morgan fingerprint density at radius 3 is 2.33 bits per heavy atom. The second kappa shape index (κ2) is 4.15. The summed E-state index contributed by atoms with van der Waals surface area (Å²) < 4.78 is 22.2. The van der Waals surface area contributed by atoms with E-state index in [1.54, 1.807) is 30.3 Å². The lowest BCUT2D eigenvalue weighted by molar-refractivity contribution is 0.609. The SMILES string of the molecule is CS(=O)(=O)C(C#N)=Cc1ccc(N)cc1. The quantitative estimate of drug-likeness (QED) is 0.601. The van der Waals surface area contributed by atoms with E-state index in [0.717, 1.165) is 6.26 Å². The van der Waals surface area contributed by atoms with Gasteiger partial charge in [-0.05, 0) is 23.8 Å². The molecule has 0 spiro atoms. The van der Waals surface area contributed by atoms with Gasteiger partial charge in [-0.15, -0.1) is 0 Å². The number of allylic oxidation sites excluding steroid dienone is 1. The molecular weight excluding hydrogens is 212 g/mol. The number of sulfone groups is 1. The second-order valence-corrected chi connectivity index (χ2v) is 5.04. The van der Waals surface area contributed by atoms with E-state index in [2.05, 4.69) is 0 Å². The van der Waals surface area contributed by atoms with Crippen LogP contribution >= 0.6 is 0 Å². The fourth-order valence-electron chi connectivity index (χ4n) is 0.966. The smallest absolute Gasteiger partial charge is 0.185 e. The van der Waals surface area contributed by atoms with Crippen LogP contribution in [-0.2, 0) is 9.84 Å². The molecule has 0 unspecified atom stereocenters. The third-order valence-electron chi connectivity index (χ3n) is 1.74. The Hall–Kier alpha value is -1.80. The first-order chi connectivity index (χ1) is 6.93. The van der Waals surface area contributed by atoms with E-state index in [1.807, 2.05) is 0 Å². The molecule has 4 nitrogen and oxygen atoms in total. The molecule has 0 bridgehead atoms. The summed E-state index contributed by atoms with van der Waals surface area (Å²) in [7, 11) is -3.45. The fraction of sp³-hybridized carbons (Fsp3) is 0.100. The van der Waals surface area contributed by atoms with Crippen LogP contribution in [0.2, 0.25) is 0 Å². The molecule has 78 valence electrons. The molecule has 0 heterocycles. The van der Waals surface area contributed by atoms with Gasteiger partial charge in [-0.2, -0.15) is 5.26 Å². The number of nitrogens with two attached hydrogens (primary N) is 1. The molecule has 0 amide bonds. The highest BCUT2D eigenvalue weighted by Gasteiger charge is 2.09. The summed E-state index contributed by atoms with van der Waals surface area (Å²) in [6.45, 7) is 0. The van der Waals surface area contributed by atoms with Crippen molar-refractivity contribution in [2.45, 2.75) is 0 Å². The predicted octanol–water partition coefficient (Wildman–Crippen LogP) is 1.18. The molecule has 0 radical (unpaired) electrons. The highest BCUT2D eigenvalue weighted by Crippen LogP contribution is 2.12. The number of nitrogen functional groups attached to an aromatic ring is 1. The van der Waals surface area contributed by atoms with Gasteiger partial charge in [-0.3, -0.25) is 0 Å². The van der Waals surface area contributed by atoms with E-state index in [1.165, 1.54) is 6.08 Å². The van der Waals surface area contributed by atoms with Crippen molar-refractivity contribution in [2.75, 3.05) is 12.0 Å². The van der Waals surface area contributed by atoms with E-state index in [-0.39, 0.29) is 4.91 Å². The van der Waals surface area contributed by atoms with Crippen molar-refractivity contribution < 1.29 is 8.42 Å². The van der Waals surface area contributed by atoms with Crippen molar-refractivity contribution >= 4 is 21.6 Å². The van der Waals surface area contributed by atoms with Gasteiger partial charge in [0.05, 0.1) is 0 Å². The Kier molecular flexibility index (Phi) is 3.12. The molecule has 15 heavy (non-hydrogen) atoms. The normalized spacial score (nSPS) is 12.1. The minimum Gasteiger partial charge on any atom is -0.399 e. The van der Waals surface area contributed by atoms with Gasteiger partial charge in [-0.1, -0.05) is 12.1 Å². The van der Waals surface area contributed by atoms with Crippen molar-refractivity contribution in [3.63, 3.8) is 0 Å². The van der Waals surface area contributed by atoms with E-state index in [0.29, 0.717) is 11.3 Å². The highest BCUT2D eigenvalue weighted by atomic mass is 32.2. The van der Waals surface area contributed by atoms with Gasteiger partial charge >= 0.3 is 0 Å². The molecule has 0 aliphatic carbocycles. The topological polar surface area (TPSA) is 84.0 Å². The summed E-state index contributed by atoms with van der Waals surface area (Å²) in [5.41, 5.74) is 6.69. The maximum atomic E-state index is 11.1. The van der Waals surface area contributed by atoms with Crippen LogP contribution in [0.3, 0.4) is 0 Å². The first kappa shape index (κ1) is 11.3. The second-order valence-electron chi connectivity index (χ2n) is 3.06. The molecule has 0 aliphatic rings. The molecule has 5 heteroatoms. The average molecular weight is 222 g/mol. The van der Waals surface area contributed by atoms with E-state index >= 15 is 0 Å². The summed E-state index contributed by atoms with van der Waals surface area (Å²) in [6, 6.07) is 8.23. The van der Waals surface area contributed by atoms with Crippen molar-refractivity contribution in [1.29, 1.82) is 5.26 Å². The number of benzene rings is 1. The van der Waals surface area contributed by atoms with Gasteiger partial charge < -0.3 is 5.73 Å². The van der Waals surface area contributed by atoms with Crippen LogP contribution in [0.25, 0.3) is 6.08 Å². The number of hydrogen-bond acceptors (Lipinski definition) is 4. The Balaban J connectivity index is 3.17. The standard InChI is InChI=1S/C10H10N2O2S/c1-15(13,14)10(7-11)6-8-2-4-9(12)5-3-8/h2-6H,12H2,1H3. The lowest BCUT2D eigenvalue weighted by Gasteiger charge is -1.97. The third kappa shape index (κ3) is 3.11. The van der Waals surface area contributed by atoms with Gasteiger partial charge in [0, 0.05) is 11.9 Å². The summed E-state index contributed by atoms with van der Waals surface area (Å²) in [5.74, 6) is 0. The first-order valence-electron chi connectivity index (χ1n) is 4.11. The van der Waals surface area contributed by atoms with Crippen LogP contribution in [0.4, 0.5) is 5.69 Å². The van der Waals surface area contributed by atoms with Crippen LogP contribution in [0.15, 0.2) is 29.2 Å². The first-order valence-corrected chi connectivity index (χ1v) is 6.00. The Labute approximate surface area is 88.6 Å². The molecular formula is C10H10N2O2S. The molecule has 0 aromatic heterocycles. The Morgan fingerprint density at radius 2 is 1.93 bits per heavy atom. The third-order valence-corrected chi connectivity index (χ3v) is 2.75. The minimum absolute atomic E-state index is 0.257. The van der Waals surface area contributed by atoms with Gasteiger partial charge in [0.2, 0.25) is 0 Å². The number of nitrogens with zero attached hydrogens (tertiary/aromatic N) is 1.